The number of carbonyl (C=O) groups is 5. The smallest absolute Gasteiger partial charge is 0.248 e. The van der Waals surface area contributed by atoms with Crippen LogP contribution >= 0.6 is 0 Å². The molecule has 8 heterocycles. The lowest BCUT2D eigenvalue weighted by Crippen LogP contribution is -2.53. The van der Waals surface area contributed by atoms with Crippen LogP contribution in [-0.4, -0.2) is 74.6 Å². The van der Waals surface area contributed by atoms with Gasteiger partial charge in [0.15, 0.2) is 0 Å². The van der Waals surface area contributed by atoms with Gasteiger partial charge in [0.2, 0.25) is 29.5 Å². The maximum atomic E-state index is 13.1. The first-order valence-electron chi connectivity index (χ1n) is 29.4. The summed E-state index contributed by atoms with van der Waals surface area (Å²) < 4.78 is 23.6. The third kappa shape index (κ3) is 9.90. The number of ether oxygens (including phenoxy) is 4. The highest BCUT2D eigenvalue weighted by molar-refractivity contribution is 6.18. The van der Waals surface area contributed by atoms with E-state index in [2.05, 4.69) is 18.2 Å². The molecule has 8 aliphatic heterocycles. The van der Waals surface area contributed by atoms with Crippen molar-refractivity contribution in [1.29, 1.82) is 0 Å². The molecule has 6 aromatic rings. The van der Waals surface area contributed by atoms with Gasteiger partial charge in [-0.25, -0.2) is 4.90 Å². The quantitative estimate of drug-likeness (QED) is 0.170. The van der Waals surface area contributed by atoms with Gasteiger partial charge in [-0.1, -0.05) is 133 Å². The number of benzene rings is 6. The molecule has 0 saturated heterocycles. The number of fused-ring (bicyclic) bond motifs is 4. The number of allylic oxidation sites excluding steroid dienone is 2. The summed E-state index contributed by atoms with van der Waals surface area (Å²) in [4.78, 5) is 70.6. The number of nitrogens with zero attached hydrogens (tertiary/aromatic N) is 4. The van der Waals surface area contributed by atoms with Gasteiger partial charge in [0.1, 0.15) is 57.6 Å². The molecular formula is C72H74N4O9. The Morgan fingerprint density at radius 2 is 0.741 bits per heavy atom. The maximum absolute atomic E-state index is 13.1. The highest BCUT2D eigenvalue weighted by Gasteiger charge is 2.56. The minimum atomic E-state index is -0.760. The molecule has 14 rings (SSSR count). The molecule has 13 heteroatoms. The van der Waals surface area contributed by atoms with E-state index in [1.165, 1.54) is 28.5 Å². The predicted octanol–water partition coefficient (Wildman–Crippen LogP) is 12.6. The molecule has 4 spiro atoms. The summed E-state index contributed by atoms with van der Waals surface area (Å²) in [6.45, 7) is 15.8. The zero-order valence-corrected chi connectivity index (χ0v) is 50.1. The molecule has 8 aliphatic rings. The van der Waals surface area contributed by atoms with Crippen molar-refractivity contribution < 1.29 is 42.9 Å². The van der Waals surface area contributed by atoms with Crippen LogP contribution in [0.2, 0.25) is 0 Å². The number of imide groups is 1. The highest BCUT2D eigenvalue weighted by atomic mass is 16.5. The molecule has 5 amide bonds. The first-order chi connectivity index (χ1) is 40.8. The van der Waals surface area contributed by atoms with Crippen LogP contribution in [0.1, 0.15) is 88.8 Å². The van der Waals surface area contributed by atoms with Gasteiger partial charge >= 0.3 is 0 Å². The second-order valence-electron chi connectivity index (χ2n) is 23.6. The Morgan fingerprint density at radius 3 is 1.12 bits per heavy atom. The van der Waals surface area contributed by atoms with Crippen LogP contribution in [0.15, 0.2) is 194 Å². The van der Waals surface area contributed by atoms with Crippen molar-refractivity contribution in [2.75, 3.05) is 40.2 Å². The highest BCUT2D eigenvalue weighted by Crippen LogP contribution is 2.51. The Balaban J connectivity index is 0.000000118. The maximum Gasteiger partial charge on any atom is 0.248 e. The van der Waals surface area contributed by atoms with Crippen molar-refractivity contribution in [1.82, 2.24) is 0 Å². The zero-order chi connectivity index (χ0) is 60.2. The molecule has 0 saturated carbocycles. The number of amides is 5. The third-order valence-electron chi connectivity index (χ3n) is 18.5. The Hall–Kier alpha value is -8.97. The number of hydrogen-bond donors (Lipinski definition) is 0. The first-order valence-corrected chi connectivity index (χ1v) is 29.4. The van der Waals surface area contributed by atoms with Gasteiger partial charge in [-0.05, 0) is 145 Å². The first kappa shape index (κ1) is 57.8. The number of anilines is 4. The summed E-state index contributed by atoms with van der Waals surface area (Å²) >= 11 is 0. The summed E-state index contributed by atoms with van der Waals surface area (Å²) in [7, 11) is 3.70. The van der Waals surface area contributed by atoms with Crippen molar-refractivity contribution in [3.63, 3.8) is 0 Å². The van der Waals surface area contributed by atoms with Crippen LogP contribution in [-0.2, 0) is 68.6 Å². The molecule has 85 heavy (non-hydrogen) atoms. The minimum Gasteiger partial charge on any atom is -0.494 e. The van der Waals surface area contributed by atoms with Crippen molar-refractivity contribution >= 4 is 63.8 Å². The van der Waals surface area contributed by atoms with E-state index in [1.54, 1.807) is 9.80 Å². The zero-order valence-electron chi connectivity index (χ0n) is 50.1. The van der Waals surface area contributed by atoms with E-state index in [0.717, 1.165) is 63.2 Å². The number of para-hydroxylation sites is 4. The van der Waals surface area contributed by atoms with Crippen molar-refractivity contribution in [3.8, 4) is 0 Å². The monoisotopic (exact) mass is 1140 g/mol. The van der Waals surface area contributed by atoms with E-state index in [0.29, 0.717) is 31.5 Å². The van der Waals surface area contributed by atoms with E-state index in [9.17, 15) is 24.0 Å². The van der Waals surface area contributed by atoms with Gasteiger partial charge in [0.25, 0.3) is 0 Å². The molecule has 0 fully saturated rings. The fourth-order valence-corrected chi connectivity index (χ4v) is 13.9. The number of hydrogen-bond acceptors (Lipinski definition) is 9. The fraction of sp³-hybridized carbons (Fsp3) is 0.319. The van der Waals surface area contributed by atoms with Gasteiger partial charge < -0.3 is 33.6 Å². The molecule has 0 aliphatic carbocycles. The van der Waals surface area contributed by atoms with Gasteiger partial charge in [-0.3, -0.25) is 24.0 Å². The largest absolute Gasteiger partial charge is 0.494 e. The summed E-state index contributed by atoms with van der Waals surface area (Å²) in [6, 6.07) is 51.9. The second-order valence-corrected chi connectivity index (χ2v) is 23.6. The topological polar surface area (TPSA) is 135 Å². The lowest BCUT2D eigenvalue weighted by Gasteiger charge is -2.40. The Bertz CT molecular complexity index is 3620. The minimum absolute atomic E-state index is 0.0950. The van der Waals surface area contributed by atoms with E-state index < -0.39 is 21.7 Å². The SMILES string of the molecule is CC(=O)N1C(=O)C2(C=C(C)OC2C)Cc2ccccc21.CC1OC(c2ccccc2)=CC12Cc1ccccc1N(C)C2=O.CC1OC(c2ccccc2)=CC12Cc1ccccc1N(C)C2=O.CCN1C(=O)C2(C=C(C)OC2C)Cc2ccccc21. The molecule has 0 radical (unpaired) electrons. The fourth-order valence-electron chi connectivity index (χ4n) is 13.9. The lowest BCUT2D eigenvalue weighted by molar-refractivity contribution is -0.134. The molecule has 0 aromatic heterocycles. The van der Waals surface area contributed by atoms with Crippen molar-refractivity contribution in [2.45, 2.75) is 105 Å². The summed E-state index contributed by atoms with van der Waals surface area (Å²) in [5.74, 6) is 3.14. The summed E-state index contributed by atoms with van der Waals surface area (Å²) in [5.41, 5.74) is 7.87. The average molecular weight is 1140 g/mol. The number of rotatable bonds is 3. The Labute approximate surface area is 498 Å². The van der Waals surface area contributed by atoms with Crippen LogP contribution < -0.4 is 19.6 Å². The molecule has 8 atom stereocenters. The van der Waals surface area contributed by atoms with E-state index in [4.69, 9.17) is 18.9 Å². The van der Waals surface area contributed by atoms with Crippen LogP contribution in [0.5, 0.6) is 0 Å². The van der Waals surface area contributed by atoms with Crippen LogP contribution in [0.4, 0.5) is 22.7 Å². The van der Waals surface area contributed by atoms with Gasteiger partial charge in [-0.2, -0.15) is 0 Å². The van der Waals surface area contributed by atoms with Crippen LogP contribution in [0, 0.1) is 21.7 Å². The molecule has 6 aromatic carbocycles. The molecule has 0 bridgehead atoms. The predicted molar refractivity (Wildman–Crippen MR) is 332 cm³/mol. The molecular weight excluding hydrogens is 1060 g/mol. The van der Waals surface area contributed by atoms with Crippen LogP contribution in [0.3, 0.4) is 0 Å². The van der Waals surface area contributed by atoms with E-state index in [-0.39, 0.29) is 54.0 Å². The van der Waals surface area contributed by atoms with Gasteiger partial charge in [-0.15, -0.1) is 0 Å². The second kappa shape index (κ2) is 22.6. The van der Waals surface area contributed by atoms with Gasteiger partial charge in [0, 0.05) is 55.8 Å². The Morgan fingerprint density at radius 1 is 0.424 bits per heavy atom. The third-order valence-corrected chi connectivity index (χ3v) is 18.5. The standard InChI is InChI=1S/2C20H19NO2.C16H17NO3.C16H19NO2/c2*1-14-20(13-18(23-14)15-8-4-3-5-9-15)12-16-10-6-7-11-17(16)21(2)19(20)22;1-10-8-16(11(2)20-10)9-13-6-4-5-7-14(13)17(12(3)18)15(16)19;1-4-17-14-8-6-5-7-13(14)10-16(15(17)18)9-11(2)19-12(16)3/h2*3-11,13-14H,12H2,1-2H3;4-8,11H,9H2,1-3H3;5-9,12H,4,10H2,1-3H3. The molecule has 8 unspecified atom stereocenters. The van der Waals surface area contributed by atoms with E-state index >= 15 is 0 Å². The lowest BCUT2D eigenvalue weighted by atomic mass is 9.73. The Kier molecular flexibility index (Phi) is 15.3. The molecule has 436 valence electrons. The summed E-state index contributed by atoms with van der Waals surface area (Å²) in [5, 5.41) is 0. The van der Waals surface area contributed by atoms with E-state index in [1.807, 2.05) is 231 Å². The average Bonchev–Trinajstić information content (AvgIpc) is 2.46. The number of carbonyl (C=O) groups excluding carboxylic acids is 5. The van der Waals surface area contributed by atoms with Gasteiger partial charge in [0.05, 0.1) is 17.2 Å². The molecule has 0 N–H and O–H groups in total. The van der Waals surface area contributed by atoms with Crippen LogP contribution in [0.25, 0.3) is 11.5 Å². The van der Waals surface area contributed by atoms with Crippen molar-refractivity contribution in [3.05, 3.63) is 227 Å². The summed E-state index contributed by atoms with van der Waals surface area (Å²) in [6.07, 6.45) is 9.90. The molecule has 13 nitrogen and oxygen atoms in total. The normalized spacial score (nSPS) is 27.2. The van der Waals surface area contributed by atoms with Crippen molar-refractivity contribution in [2.24, 2.45) is 21.7 Å².